The number of rotatable bonds is 4. The fourth-order valence-corrected chi connectivity index (χ4v) is 2.99. The van der Waals surface area contributed by atoms with E-state index in [9.17, 15) is 4.79 Å². The van der Waals surface area contributed by atoms with Crippen LogP contribution in [-0.2, 0) is 9.53 Å². The van der Waals surface area contributed by atoms with Crippen molar-refractivity contribution in [2.75, 3.05) is 46.4 Å². The molecule has 0 saturated carbocycles. The van der Waals surface area contributed by atoms with Gasteiger partial charge in [-0.15, -0.1) is 0 Å². The van der Waals surface area contributed by atoms with Gasteiger partial charge in [0.25, 0.3) is 0 Å². The van der Waals surface area contributed by atoms with Gasteiger partial charge in [-0.05, 0) is 31.6 Å². The van der Waals surface area contributed by atoms with Crippen molar-refractivity contribution < 1.29 is 9.53 Å². The molecule has 0 aromatic heterocycles. The summed E-state index contributed by atoms with van der Waals surface area (Å²) in [6.45, 7) is 5.11. The Morgan fingerprint density at radius 2 is 1.79 bits per heavy atom. The molecular formula is C14H27N3O2. The summed E-state index contributed by atoms with van der Waals surface area (Å²) in [7, 11) is 1.75. The standard InChI is InChI=1S/C14H27N3O2/c1-19-11-12-2-8-17(9-3-12)14(18)10-16-6-4-13(15)5-7-16/h12-13H,2-11,15H2,1H3. The maximum absolute atomic E-state index is 12.2. The van der Waals surface area contributed by atoms with Crippen molar-refractivity contribution in [3.63, 3.8) is 0 Å². The topological polar surface area (TPSA) is 58.8 Å². The van der Waals surface area contributed by atoms with Gasteiger partial charge in [0.05, 0.1) is 6.54 Å². The van der Waals surface area contributed by atoms with Gasteiger partial charge in [-0.3, -0.25) is 9.69 Å². The fourth-order valence-electron chi connectivity index (χ4n) is 2.99. The van der Waals surface area contributed by atoms with Crippen LogP contribution in [0.25, 0.3) is 0 Å². The zero-order chi connectivity index (χ0) is 13.7. The molecule has 19 heavy (non-hydrogen) atoms. The summed E-state index contributed by atoms with van der Waals surface area (Å²) in [4.78, 5) is 16.5. The smallest absolute Gasteiger partial charge is 0.236 e. The molecule has 0 unspecified atom stereocenters. The van der Waals surface area contributed by atoms with Crippen molar-refractivity contribution in [2.45, 2.75) is 31.7 Å². The summed E-state index contributed by atoms with van der Waals surface area (Å²) in [6, 6.07) is 0.330. The van der Waals surface area contributed by atoms with E-state index in [1.807, 2.05) is 4.90 Å². The van der Waals surface area contributed by atoms with E-state index >= 15 is 0 Å². The largest absolute Gasteiger partial charge is 0.384 e. The number of ether oxygens (including phenoxy) is 1. The van der Waals surface area contributed by atoms with Crippen LogP contribution in [-0.4, -0.2) is 68.2 Å². The highest BCUT2D eigenvalue weighted by Crippen LogP contribution is 2.18. The monoisotopic (exact) mass is 269 g/mol. The van der Waals surface area contributed by atoms with E-state index in [1.165, 1.54) is 0 Å². The van der Waals surface area contributed by atoms with E-state index in [-0.39, 0.29) is 5.91 Å². The van der Waals surface area contributed by atoms with Crippen LogP contribution >= 0.6 is 0 Å². The average molecular weight is 269 g/mol. The Balaban J connectivity index is 1.69. The molecule has 0 radical (unpaired) electrons. The van der Waals surface area contributed by atoms with Crippen LogP contribution in [0.2, 0.25) is 0 Å². The third-order valence-corrected chi connectivity index (χ3v) is 4.36. The summed E-state index contributed by atoms with van der Waals surface area (Å²) < 4.78 is 5.19. The second-order valence-corrected chi connectivity index (χ2v) is 5.89. The average Bonchev–Trinajstić information content (AvgIpc) is 2.42. The van der Waals surface area contributed by atoms with E-state index in [0.717, 1.165) is 58.5 Å². The lowest BCUT2D eigenvalue weighted by Gasteiger charge is -2.35. The summed E-state index contributed by atoms with van der Waals surface area (Å²) in [5, 5.41) is 0. The van der Waals surface area contributed by atoms with E-state index in [2.05, 4.69) is 4.90 Å². The Hall–Kier alpha value is -0.650. The maximum atomic E-state index is 12.2. The van der Waals surface area contributed by atoms with Gasteiger partial charge < -0.3 is 15.4 Å². The molecule has 0 atom stereocenters. The van der Waals surface area contributed by atoms with Gasteiger partial charge in [-0.1, -0.05) is 0 Å². The molecule has 0 aromatic rings. The van der Waals surface area contributed by atoms with Crippen LogP contribution in [0.4, 0.5) is 0 Å². The fraction of sp³-hybridized carbons (Fsp3) is 0.929. The van der Waals surface area contributed by atoms with Crippen LogP contribution in [0.15, 0.2) is 0 Å². The zero-order valence-corrected chi connectivity index (χ0v) is 12.0. The molecule has 2 aliphatic rings. The van der Waals surface area contributed by atoms with Gasteiger partial charge in [0, 0.05) is 45.9 Å². The normalized spacial score (nSPS) is 23.8. The summed E-state index contributed by atoms with van der Waals surface area (Å²) in [5.41, 5.74) is 5.88. The Labute approximate surface area is 116 Å². The number of nitrogens with two attached hydrogens (primary N) is 1. The van der Waals surface area contributed by atoms with Crippen molar-refractivity contribution in [3.8, 4) is 0 Å². The Morgan fingerprint density at radius 3 is 2.37 bits per heavy atom. The first kappa shape index (κ1) is 14.8. The SMILES string of the molecule is COCC1CCN(C(=O)CN2CCC(N)CC2)CC1. The lowest BCUT2D eigenvalue weighted by Crippen LogP contribution is -2.47. The first-order valence-corrected chi connectivity index (χ1v) is 7.43. The highest BCUT2D eigenvalue weighted by Gasteiger charge is 2.25. The summed E-state index contributed by atoms with van der Waals surface area (Å²) in [5.74, 6) is 0.911. The van der Waals surface area contributed by atoms with Gasteiger partial charge in [-0.25, -0.2) is 0 Å². The minimum absolute atomic E-state index is 0.284. The van der Waals surface area contributed by atoms with E-state index in [4.69, 9.17) is 10.5 Å². The molecule has 0 bridgehead atoms. The van der Waals surface area contributed by atoms with Crippen molar-refractivity contribution in [3.05, 3.63) is 0 Å². The van der Waals surface area contributed by atoms with Crippen LogP contribution in [0.1, 0.15) is 25.7 Å². The number of hydrogen-bond acceptors (Lipinski definition) is 4. The van der Waals surface area contributed by atoms with Gasteiger partial charge >= 0.3 is 0 Å². The van der Waals surface area contributed by atoms with E-state index < -0.39 is 0 Å². The molecular weight excluding hydrogens is 242 g/mol. The number of methoxy groups -OCH3 is 1. The number of amides is 1. The third-order valence-electron chi connectivity index (χ3n) is 4.36. The third kappa shape index (κ3) is 4.44. The Bertz CT molecular complexity index is 282. The molecule has 1 amide bonds. The summed E-state index contributed by atoms with van der Waals surface area (Å²) in [6.07, 6.45) is 4.18. The Kier molecular flexibility index (Phi) is 5.60. The molecule has 2 heterocycles. The van der Waals surface area contributed by atoms with Crippen molar-refractivity contribution >= 4 is 5.91 Å². The van der Waals surface area contributed by atoms with Gasteiger partial charge in [0.1, 0.15) is 0 Å². The van der Waals surface area contributed by atoms with Gasteiger partial charge in [0.15, 0.2) is 0 Å². The number of carbonyl (C=O) groups excluding carboxylic acids is 1. The molecule has 2 N–H and O–H groups in total. The molecule has 5 nitrogen and oxygen atoms in total. The molecule has 2 aliphatic heterocycles. The summed E-state index contributed by atoms with van der Waals surface area (Å²) >= 11 is 0. The number of nitrogens with zero attached hydrogens (tertiary/aromatic N) is 2. The van der Waals surface area contributed by atoms with Crippen LogP contribution < -0.4 is 5.73 Å². The first-order chi connectivity index (χ1) is 9.19. The lowest BCUT2D eigenvalue weighted by molar-refractivity contribution is -0.134. The van der Waals surface area contributed by atoms with Crippen LogP contribution in [0, 0.1) is 5.92 Å². The molecule has 2 fully saturated rings. The molecule has 2 saturated heterocycles. The van der Waals surface area contributed by atoms with Crippen molar-refractivity contribution in [1.29, 1.82) is 0 Å². The number of hydrogen-bond donors (Lipinski definition) is 1. The molecule has 110 valence electrons. The highest BCUT2D eigenvalue weighted by molar-refractivity contribution is 5.78. The lowest BCUT2D eigenvalue weighted by atomic mass is 9.98. The molecule has 0 aliphatic carbocycles. The highest BCUT2D eigenvalue weighted by atomic mass is 16.5. The maximum Gasteiger partial charge on any atom is 0.236 e. The molecule has 0 aromatic carbocycles. The predicted molar refractivity (Wildman–Crippen MR) is 74.8 cm³/mol. The molecule has 2 rings (SSSR count). The second-order valence-electron chi connectivity index (χ2n) is 5.89. The van der Waals surface area contributed by atoms with Crippen molar-refractivity contribution in [2.24, 2.45) is 11.7 Å². The van der Waals surface area contributed by atoms with Crippen LogP contribution in [0.5, 0.6) is 0 Å². The number of likely N-dealkylation sites (tertiary alicyclic amines) is 2. The zero-order valence-electron chi connectivity index (χ0n) is 12.0. The number of piperidine rings is 2. The van der Waals surface area contributed by atoms with Gasteiger partial charge in [-0.2, -0.15) is 0 Å². The van der Waals surface area contributed by atoms with Crippen LogP contribution in [0.3, 0.4) is 0 Å². The second kappa shape index (κ2) is 7.22. The van der Waals surface area contributed by atoms with E-state index in [0.29, 0.717) is 18.5 Å². The van der Waals surface area contributed by atoms with Gasteiger partial charge in [0.2, 0.25) is 5.91 Å². The quantitative estimate of drug-likeness (QED) is 0.797. The minimum Gasteiger partial charge on any atom is -0.384 e. The molecule has 0 spiro atoms. The first-order valence-electron chi connectivity index (χ1n) is 7.43. The minimum atomic E-state index is 0.284. The van der Waals surface area contributed by atoms with Crippen molar-refractivity contribution in [1.82, 2.24) is 9.80 Å². The Morgan fingerprint density at radius 1 is 1.16 bits per heavy atom. The number of carbonyl (C=O) groups is 1. The predicted octanol–water partition coefficient (Wildman–Crippen LogP) is 0.295. The van der Waals surface area contributed by atoms with E-state index in [1.54, 1.807) is 7.11 Å². The molecule has 5 heteroatoms.